The highest BCUT2D eigenvalue weighted by Crippen LogP contribution is 2.14. The average Bonchev–Trinajstić information content (AvgIpc) is 2.53. The van der Waals surface area contributed by atoms with Gasteiger partial charge in [-0.1, -0.05) is 30.3 Å². The van der Waals surface area contributed by atoms with Crippen LogP contribution in [0.4, 0.5) is 0 Å². The molecule has 0 aliphatic rings. The minimum atomic E-state index is -3.65. The summed E-state index contributed by atoms with van der Waals surface area (Å²) in [5.74, 6) is -0.844. The first-order chi connectivity index (χ1) is 10.9. The number of methoxy groups -OCH3 is 1. The number of nitrogens with one attached hydrogen (secondary N) is 1. The summed E-state index contributed by atoms with van der Waals surface area (Å²) in [5, 5.41) is 9.09. The predicted molar refractivity (Wildman–Crippen MR) is 85.9 cm³/mol. The van der Waals surface area contributed by atoms with Gasteiger partial charge in [0.25, 0.3) is 0 Å². The van der Waals surface area contributed by atoms with E-state index in [4.69, 9.17) is 9.84 Å². The summed E-state index contributed by atoms with van der Waals surface area (Å²) >= 11 is 0. The van der Waals surface area contributed by atoms with Gasteiger partial charge in [0.2, 0.25) is 10.0 Å². The molecule has 23 heavy (non-hydrogen) atoms. The van der Waals surface area contributed by atoms with Gasteiger partial charge >= 0.3 is 5.97 Å². The Morgan fingerprint density at radius 3 is 2.39 bits per heavy atom. The second kappa shape index (κ2) is 7.26. The van der Waals surface area contributed by atoms with Crippen LogP contribution in [0.1, 0.15) is 21.5 Å². The lowest BCUT2D eigenvalue weighted by atomic mass is 10.1. The van der Waals surface area contributed by atoms with Crippen LogP contribution in [0.3, 0.4) is 0 Å². The molecule has 122 valence electrons. The molecule has 6 nitrogen and oxygen atoms in total. The quantitative estimate of drug-likeness (QED) is 0.807. The maximum atomic E-state index is 12.1. The zero-order valence-electron chi connectivity index (χ0n) is 12.5. The van der Waals surface area contributed by atoms with Gasteiger partial charge < -0.3 is 9.84 Å². The minimum Gasteiger partial charge on any atom is -0.497 e. The number of aromatic carboxylic acids is 1. The van der Waals surface area contributed by atoms with E-state index in [9.17, 15) is 13.2 Å². The molecule has 7 heteroatoms. The Morgan fingerprint density at radius 2 is 1.78 bits per heavy atom. The molecule has 0 saturated carbocycles. The van der Waals surface area contributed by atoms with Gasteiger partial charge in [0.05, 0.1) is 18.4 Å². The number of hydrogen-bond donors (Lipinski definition) is 2. The largest absolute Gasteiger partial charge is 0.497 e. The lowest BCUT2D eigenvalue weighted by molar-refractivity contribution is 0.0696. The van der Waals surface area contributed by atoms with Crippen LogP contribution in [0, 0.1) is 0 Å². The van der Waals surface area contributed by atoms with Crippen LogP contribution in [0.25, 0.3) is 0 Å². The zero-order chi connectivity index (χ0) is 16.9. The van der Waals surface area contributed by atoms with E-state index in [0.717, 1.165) is 5.56 Å². The van der Waals surface area contributed by atoms with E-state index < -0.39 is 16.0 Å². The van der Waals surface area contributed by atoms with Crippen molar-refractivity contribution in [2.45, 2.75) is 12.3 Å². The molecule has 2 aromatic rings. The molecule has 0 unspecified atom stereocenters. The summed E-state index contributed by atoms with van der Waals surface area (Å²) in [5.41, 5.74) is 1.02. The van der Waals surface area contributed by atoms with Crippen LogP contribution in [0.15, 0.2) is 48.5 Å². The van der Waals surface area contributed by atoms with Crippen LogP contribution in [-0.2, 0) is 22.3 Å². The van der Waals surface area contributed by atoms with Crippen molar-refractivity contribution in [1.82, 2.24) is 4.72 Å². The summed E-state index contributed by atoms with van der Waals surface area (Å²) in [6, 6.07) is 13.0. The molecule has 0 amide bonds. The number of rotatable bonds is 7. The van der Waals surface area contributed by atoms with Crippen molar-refractivity contribution in [3.63, 3.8) is 0 Å². The molecule has 0 fully saturated rings. The van der Waals surface area contributed by atoms with E-state index in [1.54, 1.807) is 43.5 Å². The van der Waals surface area contributed by atoms with Gasteiger partial charge in [0.15, 0.2) is 0 Å². The van der Waals surface area contributed by atoms with Crippen molar-refractivity contribution in [1.29, 1.82) is 0 Å². The first-order valence-electron chi connectivity index (χ1n) is 6.83. The van der Waals surface area contributed by atoms with E-state index in [2.05, 4.69) is 4.72 Å². The molecule has 0 heterocycles. The number of carboxylic acids is 1. The second-order valence-corrected chi connectivity index (χ2v) is 6.70. The Kier molecular flexibility index (Phi) is 5.36. The van der Waals surface area contributed by atoms with Gasteiger partial charge in [-0.05, 0) is 29.3 Å². The van der Waals surface area contributed by atoms with Crippen molar-refractivity contribution in [2.75, 3.05) is 7.11 Å². The maximum Gasteiger partial charge on any atom is 0.335 e. The smallest absolute Gasteiger partial charge is 0.335 e. The molecule has 0 aliphatic carbocycles. The Bertz CT molecular complexity index is 784. The van der Waals surface area contributed by atoms with Crippen LogP contribution in [0.2, 0.25) is 0 Å². The Morgan fingerprint density at radius 1 is 1.13 bits per heavy atom. The molecule has 2 N–H and O–H groups in total. The van der Waals surface area contributed by atoms with Crippen molar-refractivity contribution in [3.05, 3.63) is 65.2 Å². The van der Waals surface area contributed by atoms with E-state index in [0.29, 0.717) is 5.75 Å². The third-order valence-corrected chi connectivity index (χ3v) is 4.52. The number of hydrogen-bond acceptors (Lipinski definition) is 4. The Balaban J connectivity index is 2.06. The monoisotopic (exact) mass is 335 g/mol. The summed E-state index contributed by atoms with van der Waals surface area (Å²) in [4.78, 5) is 11.1. The Hall–Kier alpha value is -2.38. The van der Waals surface area contributed by atoms with Gasteiger partial charge in [-0.3, -0.25) is 0 Å². The Labute approximate surface area is 134 Å². The molecular weight excluding hydrogens is 318 g/mol. The highest BCUT2D eigenvalue weighted by Gasteiger charge is 2.16. The maximum absolute atomic E-state index is 12.1. The number of carboxylic acid groups (broad SMARTS) is 1. The van der Waals surface area contributed by atoms with Crippen LogP contribution < -0.4 is 9.46 Å². The number of carbonyl (C=O) groups is 1. The van der Waals surface area contributed by atoms with Crippen LogP contribution >= 0.6 is 0 Å². The third kappa shape index (κ3) is 4.80. The molecule has 2 rings (SSSR count). The van der Waals surface area contributed by atoms with Crippen LogP contribution in [-0.4, -0.2) is 26.6 Å². The number of sulfonamides is 1. The van der Waals surface area contributed by atoms with Gasteiger partial charge in [-0.2, -0.15) is 0 Å². The number of ether oxygens (including phenoxy) is 1. The zero-order valence-corrected chi connectivity index (χ0v) is 13.3. The van der Waals surface area contributed by atoms with E-state index in [-0.39, 0.29) is 23.4 Å². The molecule has 0 aromatic heterocycles. The SMILES string of the molecule is COc1ccc(CNS(=O)(=O)Cc2ccccc2C(=O)O)cc1. The van der Waals surface area contributed by atoms with E-state index in [1.807, 2.05) is 0 Å². The molecule has 0 spiro atoms. The lowest BCUT2D eigenvalue weighted by Gasteiger charge is -2.09. The fourth-order valence-corrected chi connectivity index (χ4v) is 3.20. The fourth-order valence-electron chi connectivity index (χ4n) is 2.05. The van der Waals surface area contributed by atoms with E-state index in [1.165, 1.54) is 12.1 Å². The minimum absolute atomic E-state index is 0.0117. The molecule has 2 aromatic carbocycles. The summed E-state index contributed by atoms with van der Waals surface area (Å²) in [6.45, 7) is 0.127. The lowest BCUT2D eigenvalue weighted by Crippen LogP contribution is -2.25. The fraction of sp³-hybridized carbons (Fsp3) is 0.188. The highest BCUT2D eigenvalue weighted by molar-refractivity contribution is 7.88. The normalized spacial score (nSPS) is 11.2. The van der Waals surface area contributed by atoms with E-state index >= 15 is 0 Å². The first-order valence-corrected chi connectivity index (χ1v) is 8.48. The summed E-state index contributed by atoms with van der Waals surface area (Å²) in [6.07, 6.45) is 0. The van der Waals surface area contributed by atoms with Crippen molar-refractivity contribution in [2.24, 2.45) is 0 Å². The van der Waals surface area contributed by atoms with Crippen molar-refractivity contribution in [3.8, 4) is 5.75 Å². The molecule has 0 radical (unpaired) electrons. The first kappa shape index (κ1) is 17.0. The molecule has 0 bridgehead atoms. The second-order valence-electron chi connectivity index (χ2n) is 4.89. The van der Waals surface area contributed by atoms with Crippen molar-refractivity contribution >= 4 is 16.0 Å². The third-order valence-electron chi connectivity index (χ3n) is 3.25. The van der Waals surface area contributed by atoms with Crippen LogP contribution in [0.5, 0.6) is 5.75 Å². The topological polar surface area (TPSA) is 92.7 Å². The molecule has 0 aliphatic heterocycles. The standard InChI is InChI=1S/C16H17NO5S/c1-22-14-8-6-12(7-9-14)10-17-23(20,21)11-13-4-2-3-5-15(13)16(18)19/h2-9,17H,10-11H2,1H3,(H,18,19). The van der Waals surface area contributed by atoms with Gasteiger partial charge in [-0.15, -0.1) is 0 Å². The van der Waals surface area contributed by atoms with Crippen molar-refractivity contribution < 1.29 is 23.1 Å². The average molecular weight is 335 g/mol. The molecule has 0 saturated heterocycles. The predicted octanol–water partition coefficient (Wildman–Crippen LogP) is 2.01. The summed E-state index contributed by atoms with van der Waals surface area (Å²) in [7, 11) is -2.10. The van der Waals surface area contributed by atoms with Gasteiger partial charge in [-0.25, -0.2) is 17.9 Å². The highest BCUT2D eigenvalue weighted by atomic mass is 32.2. The van der Waals surface area contributed by atoms with Gasteiger partial charge in [0.1, 0.15) is 5.75 Å². The van der Waals surface area contributed by atoms with Gasteiger partial charge in [0, 0.05) is 6.54 Å². The number of benzene rings is 2. The summed E-state index contributed by atoms with van der Waals surface area (Å²) < 4.78 is 31.8. The molecular formula is C16H17NO5S. The molecule has 0 atom stereocenters.